The maximum Gasteiger partial charge on any atom is 0.131 e. The molecule has 0 amide bonds. The van der Waals surface area contributed by atoms with Crippen LogP contribution < -0.4 is 10.2 Å². The van der Waals surface area contributed by atoms with E-state index in [2.05, 4.69) is 30.1 Å². The maximum absolute atomic E-state index is 4.76. The molecule has 1 aromatic rings. The fourth-order valence-corrected chi connectivity index (χ4v) is 4.14. The van der Waals surface area contributed by atoms with Crippen molar-refractivity contribution in [1.29, 1.82) is 0 Å². The monoisotopic (exact) mass is 287 g/mol. The molecule has 2 aliphatic rings. The van der Waals surface area contributed by atoms with Gasteiger partial charge in [-0.3, -0.25) is 0 Å². The van der Waals surface area contributed by atoms with Crippen LogP contribution >= 0.6 is 0 Å². The predicted octanol–water partition coefficient (Wildman–Crippen LogP) is 3.66. The van der Waals surface area contributed by atoms with E-state index in [1.807, 2.05) is 6.20 Å². The van der Waals surface area contributed by atoms with E-state index in [0.29, 0.717) is 5.41 Å². The smallest absolute Gasteiger partial charge is 0.131 e. The number of hydrogen-bond donors (Lipinski definition) is 1. The van der Waals surface area contributed by atoms with E-state index in [4.69, 9.17) is 4.98 Å². The van der Waals surface area contributed by atoms with Crippen molar-refractivity contribution >= 4 is 5.82 Å². The zero-order chi connectivity index (χ0) is 14.7. The first kappa shape index (κ1) is 14.8. The van der Waals surface area contributed by atoms with Gasteiger partial charge in [-0.05, 0) is 61.8 Å². The second-order valence-corrected chi connectivity index (χ2v) is 6.96. The van der Waals surface area contributed by atoms with Crippen molar-refractivity contribution in [2.24, 2.45) is 5.41 Å². The number of rotatable bonds is 4. The molecule has 116 valence electrons. The summed E-state index contributed by atoms with van der Waals surface area (Å²) < 4.78 is 0. The minimum Gasteiger partial charge on any atom is -0.356 e. The summed E-state index contributed by atoms with van der Waals surface area (Å²) in [7, 11) is 0. The molecule has 1 saturated heterocycles. The molecule has 0 aromatic carbocycles. The zero-order valence-electron chi connectivity index (χ0n) is 13.6. The first-order chi connectivity index (χ1) is 10.2. The first-order valence-electron chi connectivity index (χ1n) is 8.64. The number of aromatic nitrogens is 1. The van der Waals surface area contributed by atoms with Crippen molar-refractivity contribution in [1.82, 2.24) is 10.3 Å². The van der Waals surface area contributed by atoms with E-state index in [0.717, 1.165) is 13.1 Å². The second-order valence-electron chi connectivity index (χ2n) is 6.96. The number of aryl methyl sites for hydroxylation is 1. The number of anilines is 1. The molecule has 0 radical (unpaired) electrons. The van der Waals surface area contributed by atoms with E-state index in [-0.39, 0.29) is 0 Å². The molecule has 0 bridgehead atoms. The van der Waals surface area contributed by atoms with Crippen LogP contribution in [0.15, 0.2) is 12.3 Å². The van der Waals surface area contributed by atoms with E-state index >= 15 is 0 Å². The van der Waals surface area contributed by atoms with Gasteiger partial charge in [0.25, 0.3) is 0 Å². The summed E-state index contributed by atoms with van der Waals surface area (Å²) in [5.41, 5.74) is 3.31. The van der Waals surface area contributed by atoms with Crippen LogP contribution in [0.4, 0.5) is 5.82 Å². The molecule has 3 rings (SSSR count). The third kappa shape index (κ3) is 3.23. The van der Waals surface area contributed by atoms with Gasteiger partial charge < -0.3 is 10.2 Å². The van der Waals surface area contributed by atoms with Gasteiger partial charge in [0.05, 0.1) is 0 Å². The van der Waals surface area contributed by atoms with Gasteiger partial charge in [-0.2, -0.15) is 0 Å². The minimum absolute atomic E-state index is 0.690. The maximum atomic E-state index is 4.76. The first-order valence-corrected chi connectivity index (χ1v) is 8.64. The van der Waals surface area contributed by atoms with Gasteiger partial charge in [0.2, 0.25) is 0 Å². The molecule has 1 aliphatic heterocycles. The lowest BCUT2D eigenvalue weighted by atomic mass is 9.77. The van der Waals surface area contributed by atoms with Gasteiger partial charge in [0, 0.05) is 25.8 Å². The van der Waals surface area contributed by atoms with Crippen LogP contribution in [-0.2, 0) is 6.54 Å². The third-order valence-corrected chi connectivity index (χ3v) is 5.47. The van der Waals surface area contributed by atoms with Crippen LogP contribution in [0.3, 0.4) is 0 Å². The molecule has 2 heterocycles. The Morgan fingerprint density at radius 2 is 1.90 bits per heavy atom. The van der Waals surface area contributed by atoms with Crippen LogP contribution in [-0.4, -0.2) is 24.6 Å². The summed E-state index contributed by atoms with van der Waals surface area (Å²) in [6.45, 7) is 8.67. The van der Waals surface area contributed by atoms with E-state index in [1.54, 1.807) is 0 Å². The average molecular weight is 287 g/mol. The molecule has 1 aromatic heterocycles. The van der Waals surface area contributed by atoms with Crippen molar-refractivity contribution in [2.75, 3.05) is 24.5 Å². The fraction of sp³-hybridized carbons (Fsp3) is 0.722. The largest absolute Gasteiger partial charge is 0.356 e. The minimum atomic E-state index is 0.690. The van der Waals surface area contributed by atoms with Gasteiger partial charge in [0.1, 0.15) is 5.82 Å². The number of pyridine rings is 1. The zero-order valence-corrected chi connectivity index (χ0v) is 13.6. The molecule has 1 aliphatic carbocycles. The Balaban J connectivity index is 1.64. The van der Waals surface area contributed by atoms with Crippen molar-refractivity contribution in [2.45, 2.75) is 58.9 Å². The quantitative estimate of drug-likeness (QED) is 0.916. The number of nitrogens with zero attached hydrogens (tertiary/aromatic N) is 2. The van der Waals surface area contributed by atoms with Crippen molar-refractivity contribution < 1.29 is 0 Å². The van der Waals surface area contributed by atoms with Gasteiger partial charge in [0.15, 0.2) is 0 Å². The Labute approximate surface area is 129 Å². The molecule has 1 saturated carbocycles. The predicted molar refractivity (Wildman–Crippen MR) is 88.7 cm³/mol. The summed E-state index contributed by atoms with van der Waals surface area (Å²) in [6.07, 6.45) is 10.6. The molecule has 1 spiro atoms. The SMILES string of the molecule is CCNCc1cnc(N2CCC3(CCCC3)CC2)c(C)c1. The van der Waals surface area contributed by atoms with Crippen molar-refractivity contribution in [3.63, 3.8) is 0 Å². The summed E-state index contributed by atoms with van der Waals surface area (Å²) in [5.74, 6) is 1.21. The van der Waals surface area contributed by atoms with Gasteiger partial charge >= 0.3 is 0 Å². The Morgan fingerprint density at radius 1 is 1.19 bits per heavy atom. The lowest BCUT2D eigenvalue weighted by molar-refractivity contribution is 0.226. The highest BCUT2D eigenvalue weighted by molar-refractivity contribution is 5.47. The van der Waals surface area contributed by atoms with Crippen molar-refractivity contribution in [3.05, 3.63) is 23.4 Å². The summed E-state index contributed by atoms with van der Waals surface area (Å²) >= 11 is 0. The molecular formula is C18H29N3. The fourth-order valence-electron chi connectivity index (χ4n) is 4.14. The Hall–Kier alpha value is -1.09. The molecule has 3 heteroatoms. The highest BCUT2D eigenvalue weighted by Crippen LogP contribution is 2.46. The molecule has 21 heavy (non-hydrogen) atoms. The van der Waals surface area contributed by atoms with E-state index in [9.17, 15) is 0 Å². The summed E-state index contributed by atoms with van der Waals surface area (Å²) in [5, 5.41) is 3.37. The van der Waals surface area contributed by atoms with E-state index < -0.39 is 0 Å². The third-order valence-electron chi connectivity index (χ3n) is 5.47. The summed E-state index contributed by atoms with van der Waals surface area (Å²) in [6, 6.07) is 2.30. The van der Waals surface area contributed by atoms with Gasteiger partial charge in [-0.15, -0.1) is 0 Å². The standard InChI is InChI=1S/C18H29N3/c1-3-19-13-16-12-15(2)17(20-14-16)21-10-8-18(9-11-21)6-4-5-7-18/h12,14,19H,3-11,13H2,1-2H3. The number of piperidine rings is 1. The highest BCUT2D eigenvalue weighted by Gasteiger charge is 2.37. The lowest BCUT2D eigenvalue weighted by Gasteiger charge is -2.40. The van der Waals surface area contributed by atoms with Crippen LogP contribution in [0.2, 0.25) is 0 Å². The lowest BCUT2D eigenvalue weighted by Crippen LogP contribution is -2.39. The Kier molecular flexibility index (Phi) is 4.48. The molecule has 3 nitrogen and oxygen atoms in total. The van der Waals surface area contributed by atoms with E-state index in [1.165, 1.54) is 68.6 Å². The molecule has 0 unspecified atom stereocenters. The van der Waals surface area contributed by atoms with Gasteiger partial charge in [-0.1, -0.05) is 19.8 Å². The molecule has 1 N–H and O–H groups in total. The van der Waals surface area contributed by atoms with Crippen LogP contribution in [0.5, 0.6) is 0 Å². The highest BCUT2D eigenvalue weighted by atomic mass is 15.2. The molecule has 2 fully saturated rings. The van der Waals surface area contributed by atoms with Crippen LogP contribution in [0.25, 0.3) is 0 Å². The molecule has 0 atom stereocenters. The number of nitrogens with one attached hydrogen (secondary N) is 1. The summed E-state index contributed by atoms with van der Waals surface area (Å²) in [4.78, 5) is 7.27. The number of hydrogen-bond acceptors (Lipinski definition) is 3. The van der Waals surface area contributed by atoms with Crippen LogP contribution in [0.1, 0.15) is 56.6 Å². The second kappa shape index (κ2) is 6.35. The van der Waals surface area contributed by atoms with Crippen LogP contribution in [0, 0.1) is 12.3 Å². The average Bonchev–Trinajstić information content (AvgIpc) is 2.95. The van der Waals surface area contributed by atoms with Crippen molar-refractivity contribution in [3.8, 4) is 0 Å². The topological polar surface area (TPSA) is 28.2 Å². The Morgan fingerprint density at radius 3 is 2.52 bits per heavy atom. The van der Waals surface area contributed by atoms with Gasteiger partial charge in [-0.25, -0.2) is 4.98 Å². The Bertz CT molecular complexity index is 467. The molecular weight excluding hydrogens is 258 g/mol. The normalized spacial score (nSPS) is 21.1.